The van der Waals surface area contributed by atoms with Gasteiger partial charge < -0.3 is 15.4 Å². The minimum absolute atomic E-state index is 0.0276. The van der Waals surface area contributed by atoms with Gasteiger partial charge in [0, 0.05) is 41.7 Å². The molecule has 7 nitrogen and oxygen atoms in total. The van der Waals surface area contributed by atoms with Crippen LogP contribution in [-0.2, 0) is 4.74 Å². The van der Waals surface area contributed by atoms with E-state index in [2.05, 4.69) is 15.0 Å². The number of nitrogens with zero attached hydrogens (tertiary/aromatic N) is 4. The fourth-order valence-electron chi connectivity index (χ4n) is 3.84. The van der Waals surface area contributed by atoms with Crippen LogP contribution >= 0.6 is 11.3 Å². The third-order valence-electron chi connectivity index (χ3n) is 5.52. The maximum atomic E-state index is 12.7. The summed E-state index contributed by atoms with van der Waals surface area (Å²) < 4.78 is 5.34. The highest BCUT2D eigenvalue weighted by atomic mass is 32.1. The molecule has 0 unspecified atom stereocenters. The van der Waals surface area contributed by atoms with Gasteiger partial charge in [0.1, 0.15) is 0 Å². The maximum absolute atomic E-state index is 12.7. The molecule has 4 aromatic rings. The summed E-state index contributed by atoms with van der Waals surface area (Å²) in [6.07, 6.45) is 1.76. The lowest BCUT2D eigenvalue weighted by molar-refractivity contribution is 0.0303. The molecule has 0 atom stereocenters. The molecule has 3 aromatic heterocycles. The van der Waals surface area contributed by atoms with Crippen molar-refractivity contribution in [3.05, 3.63) is 72.1 Å². The Morgan fingerprint density at radius 3 is 2.55 bits per heavy atom. The van der Waals surface area contributed by atoms with Crippen LogP contribution in [0.15, 0.2) is 60.8 Å². The van der Waals surface area contributed by atoms with Gasteiger partial charge in [0.15, 0.2) is 5.13 Å². The Balaban J connectivity index is 1.44. The van der Waals surface area contributed by atoms with E-state index in [-0.39, 0.29) is 5.91 Å². The molecular formula is C25H23N5O2S. The van der Waals surface area contributed by atoms with Crippen LogP contribution in [0.4, 0.5) is 5.13 Å². The molecule has 0 bridgehead atoms. The second kappa shape index (κ2) is 9.09. The van der Waals surface area contributed by atoms with E-state index in [1.165, 1.54) is 11.3 Å². The Morgan fingerprint density at radius 2 is 1.79 bits per heavy atom. The number of carbonyl (C=O) groups is 1. The predicted molar refractivity (Wildman–Crippen MR) is 130 cm³/mol. The molecule has 1 fully saturated rings. The van der Waals surface area contributed by atoms with Crippen molar-refractivity contribution < 1.29 is 9.53 Å². The van der Waals surface area contributed by atoms with Crippen LogP contribution < -0.4 is 5.73 Å². The van der Waals surface area contributed by atoms with Crippen molar-refractivity contribution in [2.45, 2.75) is 6.92 Å². The average Bonchev–Trinajstić information content (AvgIpc) is 3.26. The van der Waals surface area contributed by atoms with E-state index in [1.807, 2.05) is 66.4 Å². The van der Waals surface area contributed by atoms with Crippen LogP contribution in [0.1, 0.15) is 16.1 Å². The number of carbonyl (C=O) groups excluding carboxylic acids is 1. The second-order valence-corrected chi connectivity index (χ2v) is 8.84. The minimum Gasteiger partial charge on any atom is -0.378 e. The molecule has 5 rings (SSSR count). The van der Waals surface area contributed by atoms with Crippen LogP contribution in [0, 0.1) is 6.92 Å². The highest BCUT2D eigenvalue weighted by molar-refractivity contribution is 7.19. The van der Waals surface area contributed by atoms with E-state index in [4.69, 9.17) is 10.5 Å². The molecule has 1 aromatic carbocycles. The zero-order chi connectivity index (χ0) is 22.8. The molecule has 8 heteroatoms. The fraction of sp³-hybridized carbons (Fsp3) is 0.200. The van der Waals surface area contributed by atoms with Gasteiger partial charge in [0.05, 0.1) is 35.2 Å². The van der Waals surface area contributed by atoms with Crippen molar-refractivity contribution >= 4 is 22.4 Å². The molecule has 1 saturated heterocycles. The number of hydrogen-bond acceptors (Lipinski definition) is 7. The molecule has 0 spiro atoms. The number of amides is 1. The molecule has 2 N–H and O–H groups in total. The lowest BCUT2D eigenvalue weighted by atomic mass is 10.0. The first-order valence-electron chi connectivity index (χ1n) is 10.7. The normalized spacial score (nSPS) is 13.8. The number of pyridine rings is 2. The van der Waals surface area contributed by atoms with E-state index in [0.29, 0.717) is 37.0 Å². The van der Waals surface area contributed by atoms with Gasteiger partial charge in [-0.15, -0.1) is 0 Å². The molecular weight excluding hydrogens is 434 g/mol. The van der Waals surface area contributed by atoms with E-state index < -0.39 is 0 Å². The number of aryl methyl sites for hydroxylation is 1. The van der Waals surface area contributed by atoms with Crippen molar-refractivity contribution in [1.29, 1.82) is 0 Å². The minimum atomic E-state index is 0.0276. The number of ether oxygens (including phenoxy) is 1. The summed E-state index contributed by atoms with van der Waals surface area (Å²) >= 11 is 1.42. The monoisotopic (exact) mass is 457 g/mol. The molecule has 166 valence electrons. The second-order valence-electron chi connectivity index (χ2n) is 7.81. The SMILES string of the molecule is Cc1cccc(-c2sc(N)nc2-c2ccnc(-c3ccc(C(=O)N4CCOCC4)cc3)c2)n1. The molecule has 1 aliphatic rings. The highest BCUT2D eigenvalue weighted by Crippen LogP contribution is 2.38. The first kappa shape index (κ1) is 21.2. The Morgan fingerprint density at radius 1 is 1.00 bits per heavy atom. The third-order valence-corrected chi connectivity index (χ3v) is 6.43. The van der Waals surface area contributed by atoms with Crippen molar-refractivity contribution in [2.24, 2.45) is 0 Å². The van der Waals surface area contributed by atoms with Crippen LogP contribution in [0.3, 0.4) is 0 Å². The van der Waals surface area contributed by atoms with Gasteiger partial charge >= 0.3 is 0 Å². The smallest absolute Gasteiger partial charge is 0.254 e. The summed E-state index contributed by atoms with van der Waals surface area (Å²) in [6, 6.07) is 17.4. The van der Waals surface area contributed by atoms with Crippen molar-refractivity contribution in [3.63, 3.8) is 0 Å². The first-order chi connectivity index (χ1) is 16.1. The van der Waals surface area contributed by atoms with Crippen LogP contribution in [0.25, 0.3) is 33.1 Å². The summed E-state index contributed by atoms with van der Waals surface area (Å²) in [7, 11) is 0. The van der Waals surface area contributed by atoms with E-state index in [9.17, 15) is 4.79 Å². The van der Waals surface area contributed by atoms with Gasteiger partial charge in [0.2, 0.25) is 0 Å². The molecule has 33 heavy (non-hydrogen) atoms. The molecule has 0 aliphatic carbocycles. The fourth-order valence-corrected chi connectivity index (χ4v) is 4.67. The van der Waals surface area contributed by atoms with Crippen LogP contribution in [0.2, 0.25) is 0 Å². The number of nitrogens with two attached hydrogens (primary N) is 1. The van der Waals surface area contributed by atoms with Gasteiger partial charge in [0.25, 0.3) is 5.91 Å². The number of hydrogen-bond donors (Lipinski definition) is 1. The third kappa shape index (κ3) is 4.48. The maximum Gasteiger partial charge on any atom is 0.254 e. The van der Waals surface area contributed by atoms with Gasteiger partial charge in [-0.05, 0) is 43.3 Å². The zero-order valence-corrected chi connectivity index (χ0v) is 19.0. The van der Waals surface area contributed by atoms with Crippen molar-refractivity contribution in [3.8, 4) is 33.1 Å². The van der Waals surface area contributed by atoms with E-state index in [1.54, 1.807) is 6.20 Å². The van der Waals surface area contributed by atoms with E-state index in [0.717, 1.165) is 38.8 Å². The Kier molecular flexibility index (Phi) is 5.85. The van der Waals surface area contributed by atoms with Crippen molar-refractivity contribution in [1.82, 2.24) is 19.9 Å². The Bertz CT molecular complexity index is 1300. The number of aromatic nitrogens is 3. The number of anilines is 1. The van der Waals surface area contributed by atoms with Gasteiger partial charge in [-0.25, -0.2) is 4.98 Å². The number of rotatable bonds is 4. The topological polar surface area (TPSA) is 94.2 Å². The van der Waals surface area contributed by atoms with Crippen molar-refractivity contribution in [2.75, 3.05) is 32.0 Å². The number of morpholine rings is 1. The standard InChI is InChI=1S/C25H23N5O2S/c1-16-3-2-4-20(28-16)23-22(29-25(26)33-23)19-9-10-27-21(15-19)17-5-7-18(8-6-17)24(31)30-11-13-32-14-12-30/h2-10,15H,11-14H2,1H3,(H2,26,29). The molecule has 0 saturated carbocycles. The molecule has 1 aliphatic heterocycles. The van der Waals surface area contributed by atoms with Gasteiger partial charge in [-0.2, -0.15) is 0 Å². The van der Waals surface area contributed by atoms with E-state index >= 15 is 0 Å². The quantitative estimate of drug-likeness (QED) is 0.491. The van der Waals surface area contributed by atoms with Gasteiger partial charge in [-0.3, -0.25) is 14.8 Å². The summed E-state index contributed by atoms with van der Waals surface area (Å²) in [5.41, 5.74) is 11.9. The zero-order valence-electron chi connectivity index (χ0n) is 18.2. The number of nitrogen functional groups attached to an aromatic ring is 1. The summed E-state index contributed by atoms with van der Waals surface area (Å²) in [5, 5.41) is 0.493. The number of thiazole rings is 1. The van der Waals surface area contributed by atoms with Gasteiger partial charge in [-0.1, -0.05) is 29.5 Å². The summed E-state index contributed by atoms with van der Waals surface area (Å²) in [4.78, 5) is 29.2. The van der Waals surface area contributed by atoms with Crippen LogP contribution in [0.5, 0.6) is 0 Å². The largest absolute Gasteiger partial charge is 0.378 e. The Hall–Kier alpha value is -3.62. The average molecular weight is 458 g/mol. The number of benzene rings is 1. The lowest BCUT2D eigenvalue weighted by Crippen LogP contribution is -2.40. The summed E-state index contributed by atoms with van der Waals surface area (Å²) in [6.45, 7) is 4.38. The predicted octanol–water partition coefficient (Wildman–Crippen LogP) is 4.30. The molecule has 1 amide bonds. The molecule has 0 radical (unpaired) electrons. The summed E-state index contributed by atoms with van der Waals surface area (Å²) in [5.74, 6) is 0.0276. The molecule has 4 heterocycles. The Labute approximate surface area is 195 Å². The first-order valence-corrected chi connectivity index (χ1v) is 11.5. The van der Waals surface area contributed by atoms with Crippen LogP contribution in [-0.4, -0.2) is 52.1 Å². The highest BCUT2D eigenvalue weighted by Gasteiger charge is 2.19. The lowest BCUT2D eigenvalue weighted by Gasteiger charge is -2.26.